The number of nitrogens with one attached hydrogen (secondary N) is 1. The molecule has 2 rings (SSSR count). The number of carbonyl (C=O) groups excluding carboxylic acids is 1. The van der Waals surface area contributed by atoms with E-state index < -0.39 is 0 Å². The van der Waals surface area contributed by atoms with Gasteiger partial charge in [-0.05, 0) is 18.4 Å². The fourth-order valence-electron chi connectivity index (χ4n) is 2.30. The summed E-state index contributed by atoms with van der Waals surface area (Å²) in [6.07, 6.45) is 2.33. The van der Waals surface area contributed by atoms with Crippen molar-refractivity contribution in [2.75, 3.05) is 26.7 Å². The van der Waals surface area contributed by atoms with E-state index in [0.29, 0.717) is 13.1 Å². The van der Waals surface area contributed by atoms with Crippen molar-refractivity contribution in [3.63, 3.8) is 0 Å². The van der Waals surface area contributed by atoms with Gasteiger partial charge in [0, 0.05) is 26.7 Å². The van der Waals surface area contributed by atoms with Crippen LogP contribution in [0.25, 0.3) is 0 Å². The van der Waals surface area contributed by atoms with Gasteiger partial charge in [-0.15, -0.1) is 0 Å². The monoisotopic (exact) mass is 304 g/mol. The van der Waals surface area contributed by atoms with Gasteiger partial charge in [-0.3, -0.25) is 4.79 Å². The van der Waals surface area contributed by atoms with Crippen molar-refractivity contribution in [2.45, 2.75) is 25.5 Å². The van der Waals surface area contributed by atoms with Crippen LogP contribution in [0.5, 0.6) is 0 Å². The molecule has 1 saturated heterocycles. The number of nitrogens with zero attached hydrogens (tertiary/aromatic N) is 2. The first-order chi connectivity index (χ1) is 10.6. The average Bonchev–Trinajstić information content (AvgIpc) is 3.05. The highest BCUT2D eigenvalue weighted by Crippen LogP contribution is 2.10. The number of rotatable bonds is 6. The summed E-state index contributed by atoms with van der Waals surface area (Å²) in [4.78, 5) is 17.8. The van der Waals surface area contributed by atoms with Crippen LogP contribution in [0.2, 0.25) is 0 Å². The smallest absolute Gasteiger partial charge is 0.244 e. The second kappa shape index (κ2) is 8.38. The Kier molecular flexibility index (Phi) is 6.21. The molecule has 0 radical (unpaired) electrons. The second-order valence-corrected chi connectivity index (χ2v) is 5.45. The maximum Gasteiger partial charge on any atom is 0.244 e. The number of nitrogens with two attached hydrogens (primary N) is 1. The highest BCUT2D eigenvalue weighted by Gasteiger charge is 2.15. The molecule has 1 aromatic rings. The first-order valence-electron chi connectivity index (χ1n) is 7.58. The first kappa shape index (κ1) is 16.3. The van der Waals surface area contributed by atoms with Crippen LogP contribution in [0.3, 0.4) is 0 Å². The van der Waals surface area contributed by atoms with E-state index in [2.05, 4.69) is 10.3 Å². The Morgan fingerprint density at radius 1 is 1.45 bits per heavy atom. The molecule has 6 nitrogen and oxygen atoms in total. The lowest BCUT2D eigenvalue weighted by Crippen LogP contribution is -2.38. The molecule has 1 heterocycles. The van der Waals surface area contributed by atoms with Gasteiger partial charge in [-0.2, -0.15) is 0 Å². The number of likely N-dealkylation sites (N-methyl/N-ethyl adjacent to an activating group) is 1. The maximum atomic E-state index is 12.0. The molecule has 1 amide bonds. The van der Waals surface area contributed by atoms with Gasteiger partial charge in [0.05, 0.1) is 6.10 Å². The Morgan fingerprint density at radius 2 is 2.23 bits per heavy atom. The molecule has 0 unspecified atom stereocenters. The van der Waals surface area contributed by atoms with Gasteiger partial charge in [-0.25, -0.2) is 4.99 Å². The van der Waals surface area contributed by atoms with Crippen LogP contribution in [-0.2, 0) is 16.1 Å². The molecule has 120 valence electrons. The summed E-state index contributed by atoms with van der Waals surface area (Å²) in [5, 5.41) is 3.00. The third-order valence-corrected chi connectivity index (χ3v) is 3.61. The zero-order chi connectivity index (χ0) is 15.8. The van der Waals surface area contributed by atoms with Gasteiger partial charge >= 0.3 is 0 Å². The Balaban J connectivity index is 1.71. The zero-order valence-electron chi connectivity index (χ0n) is 13.0. The van der Waals surface area contributed by atoms with Crippen molar-refractivity contribution in [2.24, 2.45) is 10.7 Å². The van der Waals surface area contributed by atoms with E-state index in [-0.39, 0.29) is 24.5 Å². The van der Waals surface area contributed by atoms with Crippen LogP contribution in [0.1, 0.15) is 18.4 Å². The topological polar surface area (TPSA) is 80.0 Å². The number of benzene rings is 1. The van der Waals surface area contributed by atoms with Gasteiger partial charge in [0.15, 0.2) is 5.96 Å². The van der Waals surface area contributed by atoms with Crippen LogP contribution < -0.4 is 11.1 Å². The second-order valence-electron chi connectivity index (χ2n) is 5.45. The normalized spacial score (nSPS) is 18.2. The minimum absolute atomic E-state index is 0.0493. The predicted octanol–water partition coefficient (Wildman–Crippen LogP) is 0.728. The van der Waals surface area contributed by atoms with E-state index in [4.69, 9.17) is 10.5 Å². The predicted molar refractivity (Wildman–Crippen MR) is 86.4 cm³/mol. The van der Waals surface area contributed by atoms with Crippen LogP contribution in [0.15, 0.2) is 35.3 Å². The fourth-order valence-corrected chi connectivity index (χ4v) is 2.30. The van der Waals surface area contributed by atoms with Crippen LogP contribution in [0, 0.1) is 0 Å². The van der Waals surface area contributed by atoms with E-state index in [1.807, 2.05) is 30.3 Å². The SMILES string of the molecule is CN(Cc1ccccc1)C(=O)CN=C(N)NC[C@@H]1CCCO1. The third-order valence-electron chi connectivity index (χ3n) is 3.61. The van der Waals surface area contributed by atoms with Crippen molar-refractivity contribution >= 4 is 11.9 Å². The van der Waals surface area contributed by atoms with E-state index >= 15 is 0 Å². The fraction of sp³-hybridized carbons (Fsp3) is 0.500. The molecule has 1 aliphatic heterocycles. The molecule has 0 bridgehead atoms. The van der Waals surface area contributed by atoms with Gasteiger partial charge in [-0.1, -0.05) is 30.3 Å². The Morgan fingerprint density at radius 3 is 2.91 bits per heavy atom. The summed E-state index contributed by atoms with van der Waals surface area (Å²) in [6, 6.07) is 9.85. The van der Waals surface area contributed by atoms with Crippen molar-refractivity contribution < 1.29 is 9.53 Å². The van der Waals surface area contributed by atoms with Crippen molar-refractivity contribution in [1.82, 2.24) is 10.2 Å². The highest BCUT2D eigenvalue weighted by atomic mass is 16.5. The summed E-state index contributed by atoms with van der Waals surface area (Å²) in [5.74, 6) is 0.225. The van der Waals surface area contributed by atoms with Crippen molar-refractivity contribution in [1.29, 1.82) is 0 Å². The van der Waals surface area contributed by atoms with Gasteiger partial charge in [0.25, 0.3) is 0 Å². The van der Waals surface area contributed by atoms with Gasteiger partial charge in [0.2, 0.25) is 5.91 Å². The summed E-state index contributed by atoms with van der Waals surface area (Å²) >= 11 is 0. The summed E-state index contributed by atoms with van der Waals surface area (Å²) < 4.78 is 5.49. The van der Waals surface area contributed by atoms with E-state index in [0.717, 1.165) is 25.0 Å². The number of hydrogen-bond donors (Lipinski definition) is 2. The number of hydrogen-bond acceptors (Lipinski definition) is 3. The van der Waals surface area contributed by atoms with Crippen molar-refractivity contribution in [3.05, 3.63) is 35.9 Å². The number of guanidine groups is 1. The van der Waals surface area contributed by atoms with Crippen LogP contribution in [-0.4, -0.2) is 49.6 Å². The Hall–Kier alpha value is -2.08. The third kappa shape index (κ3) is 5.37. The molecule has 1 atom stereocenters. The van der Waals surface area contributed by atoms with Crippen molar-refractivity contribution in [3.8, 4) is 0 Å². The minimum atomic E-state index is -0.0641. The zero-order valence-corrected chi connectivity index (χ0v) is 13.0. The lowest BCUT2D eigenvalue weighted by molar-refractivity contribution is -0.128. The molecule has 0 spiro atoms. The molecule has 1 aliphatic rings. The molecule has 22 heavy (non-hydrogen) atoms. The minimum Gasteiger partial charge on any atom is -0.376 e. The average molecular weight is 304 g/mol. The quantitative estimate of drug-likeness (QED) is 0.600. The van der Waals surface area contributed by atoms with Gasteiger partial charge in [0.1, 0.15) is 6.54 Å². The maximum absolute atomic E-state index is 12.0. The molecule has 3 N–H and O–H groups in total. The lowest BCUT2D eigenvalue weighted by Gasteiger charge is -2.16. The first-order valence-corrected chi connectivity index (χ1v) is 7.58. The molecular weight excluding hydrogens is 280 g/mol. The number of aliphatic imine (C=N–C) groups is 1. The molecule has 0 aliphatic carbocycles. The van der Waals surface area contributed by atoms with E-state index in [1.54, 1.807) is 11.9 Å². The molecular formula is C16H24N4O2. The van der Waals surface area contributed by atoms with E-state index in [9.17, 15) is 4.79 Å². The molecule has 0 aromatic heterocycles. The van der Waals surface area contributed by atoms with Gasteiger partial charge < -0.3 is 20.7 Å². The molecule has 6 heteroatoms. The van der Waals surface area contributed by atoms with Crippen LogP contribution >= 0.6 is 0 Å². The number of ether oxygens (including phenoxy) is 1. The summed E-state index contributed by atoms with van der Waals surface area (Å²) in [5.41, 5.74) is 6.86. The largest absolute Gasteiger partial charge is 0.376 e. The molecule has 1 fully saturated rings. The highest BCUT2D eigenvalue weighted by molar-refractivity contribution is 5.83. The summed E-state index contributed by atoms with van der Waals surface area (Å²) in [6.45, 7) is 2.07. The summed E-state index contributed by atoms with van der Waals surface area (Å²) in [7, 11) is 1.76. The molecule has 0 saturated carbocycles. The number of carbonyl (C=O) groups is 1. The lowest BCUT2D eigenvalue weighted by atomic mass is 10.2. The number of amides is 1. The van der Waals surface area contributed by atoms with Crippen LogP contribution in [0.4, 0.5) is 0 Å². The van der Waals surface area contributed by atoms with E-state index in [1.165, 1.54) is 0 Å². The standard InChI is InChI=1S/C16H24N4O2/c1-20(12-13-6-3-2-4-7-13)15(21)11-19-16(17)18-10-14-8-5-9-22-14/h2-4,6-7,14H,5,8-12H2,1H3,(H3,17,18,19)/t14-/m0/s1. The Labute approximate surface area is 131 Å². The molecule has 1 aromatic carbocycles. The Bertz CT molecular complexity index is 498.